The molecule has 0 atom stereocenters. The van der Waals surface area contributed by atoms with Crippen molar-refractivity contribution in [1.82, 2.24) is 4.90 Å². The van der Waals surface area contributed by atoms with E-state index in [-0.39, 0.29) is 12.3 Å². The molecule has 2 rings (SSSR count). The van der Waals surface area contributed by atoms with Crippen LogP contribution in [-0.4, -0.2) is 21.9 Å². The first-order chi connectivity index (χ1) is 12.2. The molecule has 1 amide bonds. The maximum absolute atomic E-state index is 12.8. The van der Waals surface area contributed by atoms with Crippen LogP contribution in [0.5, 0.6) is 0 Å². The van der Waals surface area contributed by atoms with Crippen molar-refractivity contribution in [2.24, 2.45) is 0 Å². The third kappa shape index (κ3) is 6.79. The lowest BCUT2D eigenvalue weighted by Gasteiger charge is -2.24. The molecule has 0 saturated heterocycles. The first kappa shape index (κ1) is 18.7. The summed E-state index contributed by atoms with van der Waals surface area (Å²) in [6.07, 6.45) is 13.5. The fraction of sp³-hybridized carbons (Fsp3) is 0.333. The van der Waals surface area contributed by atoms with Crippen molar-refractivity contribution in [2.75, 3.05) is 0 Å². The summed E-state index contributed by atoms with van der Waals surface area (Å²) in [7, 11) is 0. The summed E-state index contributed by atoms with van der Waals surface area (Å²) in [4.78, 5) is 25.2. The number of benzene rings is 1. The Morgan fingerprint density at radius 2 is 1.76 bits per heavy atom. The van der Waals surface area contributed by atoms with Crippen molar-refractivity contribution in [3.8, 4) is 0 Å². The number of nitrogens with zero attached hydrogens (tertiary/aromatic N) is 1. The largest absolute Gasteiger partial charge is 0.481 e. The van der Waals surface area contributed by atoms with Gasteiger partial charge in [0.1, 0.15) is 0 Å². The van der Waals surface area contributed by atoms with Gasteiger partial charge in [-0.1, -0.05) is 61.1 Å². The van der Waals surface area contributed by atoms with Crippen molar-refractivity contribution in [2.45, 2.75) is 45.1 Å². The number of carbonyl (C=O) groups is 2. The molecule has 4 heteroatoms. The molecule has 1 aromatic rings. The lowest BCUT2D eigenvalue weighted by molar-refractivity contribution is -0.137. The molecule has 0 heterocycles. The molecule has 0 spiro atoms. The molecule has 0 fully saturated rings. The molecular weight excluding hydrogens is 314 g/mol. The van der Waals surface area contributed by atoms with Gasteiger partial charge >= 0.3 is 5.97 Å². The van der Waals surface area contributed by atoms with Gasteiger partial charge in [0.25, 0.3) is 0 Å². The summed E-state index contributed by atoms with van der Waals surface area (Å²) in [6.45, 7) is 0.547. The summed E-state index contributed by atoms with van der Waals surface area (Å²) in [5, 5.41) is 8.67. The van der Waals surface area contributed by atoms with E-state index in [1.807, 2.05) is 53.5 Å². The maximum Gasteiger partial charge on any atom is 0.303 e. The number of aliphatic carboxylic acids is 1. The molecule has 4 nitrogen and oxygen atoms in total. The SMILES string of the molecule is O=C(O)CCCCCC(=O)N(Cc1ccccc1)C1=CCC=CC=C1. The second-order valence-corrected chi connectivity index (χ2v) is 6.07. The molecule has 1 aliphatic rings. The van der Waals surface area contributed by atoms with Crippen molar-refractivity contribution in [3.63, 3.8) is 0 Å². The van der Waals surface area contributed by atoms with E-state index in [1.165, 1.54) is 0 Å². The molecule has 132 valence electrons. The van der Waals surface area contributed by atoms with Gasteiger partial charge in [0.2, 0.25) is 5.91 Å². The van der Waals surface area contributed by atoms with Gasteiger partial charge in [-0.15, -0.1) is 0 Å². The standard InChI is InChI=1S/C21H25NO3/c23-20(15-9-4-10-16-21(24)25)22(17-18-11-5-3-6-12-18)19-13-7-1-2-8-14-19/h1-3,5-7,11-14H,4,8-10,15-17H2,(H,24,25). The van der Waals surface area contributed by atoms with Gasteiger partial charge in [-0.3, -0.25) is 9.59 Å². The number of carboxylic acids is 1. The molecule has 1 aromatic carbocycles. The van der Waals surface area contributed by atoms with Gasteiger partial charge in [0.05, 0.1) is 6.54 Å². The highest BCUT2D eigenvalue weighted by atomic mass is 16.4. The van der Waals surface area contributed by atoms with Gasteiger partial charge in [-0.05, 0) is 30.9 Å². The zero-order valence-electron chi connectivity index (χ0n) is 14.4. The minimum Gasteiger partial charge on any atom is -0.481 e. The predicted octanol–water partition coefficient (Wildman–Crippen LogP) is 4.45. The van der Waals surface area contributed by atoms with Crippen molar-refractivity contribution in [1.29, 1.82) is 0 Å². The van der Waals surface area contributed by atoms with Crippen LogP contribution >= 0.6 is 0 Å². The lowest BCUT2D eigenvalue weighted by Crippen LogP contribution is -2.29. The molecule has 0 saturated carbocycles. The van der Waals surface area contributed by atoms with Crippen LogP contribution in [0.2, 0.25) is 0 Å². The van der Waals surface area contributed by atoms with E-state index in [4.69, 9.17) is 5.11 Å². The van der Waals surface area contributed by atoms with E-state index in [1.54, 1.807) is 0 Å². The van der Waals surface area contributed by atoms with Crippen LogP contribution in [0.3, 0.4) is 0 Å². The molecule has 0 aliphatic heterocycles. The molecule has 0 aromatic heterocycles. The molecule has 1 aliphatic carbocycles. The minimum absolute atomic E-state index is 0.0805. The van der Waals surface area contributed by atoms with Gasteiger partial charge in [0, 0.05) is 18.5 Å². The molecule has 1 N–H and O–H groups in total. The Kier molecular flexibility index (Phi) is 7.70. The van der Waals surface area contributed by atoms with Gasteiger partial charge in [-0.2, -0.15) is 0 Å². The highest BCUT2D eigenvalue weighted by Gasteiger charge is 2.17. The van der Waals surface area contributed by atoms with Crippen LogP contribution in [0.15, 0.2) is 66.4 Å². The van der Waals surface area contributed by atoms with Gasteiger partial charge in [0.15, 0.2) is 0 Å². The zero-order chi connectivity index (χ0) is 17.9. The van der Waals surface area contributed by atoms with Crippen molar-refractivity contribution >= 4 is 11.9 Å². The van der Waals surface area contributed by atoms with Crippen LogP contribution in [0, 0.1) is 0 Å². The molecular formula is C21H25NO3. The number of hydrogen-bond donors (Lipinski definition) is 1. The van der Waals surface area contributed by atoms with E-state index in [2.05, 4.69) is 12.2 Å². The number of hydrogen-bond acceptors (Lipinski definition) is 2. The number of carbonyl (C=O) groups excluding carboxylic acids is 1. The third-order valence-electron chi connectivity index (χ3n) is 4.05. The first-order valence-corrected chi connectivity index (χ1v) is 8.76. The summed E-state index contributed by atoms with van der Waals surface area (Å²) >= 11 is 0. The Balaban J connectivity index is 1.99. The number of allylic oxidation sites excluding steroid dienone is 5. The smallest absolute Gasteiger partial charge is 0.303 e. The van der Waals surface area contributed by atoms with Crippen LogP contribution in [-0.2, 0) is 16.1 Å². The number of amides is 1. The number of unbranched alkanes of at least 4 members (excludes halogenated alkanes) is 2. The topological polar surface area (TPSA) is 57.6 Å². The first-order valence-electron chi connectivity index (χ1n) is 8.76. The minimum atomic E-state index is -0.779. The third-order valence-corrected chi connectivity index (χ3v) is 4.05. The monoisotopic (exact) mass is 339 g/mol. The van der Waals surface area contributed by atoms with E-state index in [0.717, 1.165) is 24.1 Å². The summed E-state index contributed by atoms with van der Waals surface area (Å²) in [5.41, 5.74) is 2.01. The Hall–Kier alpha value is -2.62. The highest BCUT2D eigenvalue weighted by molar-refractivity contribution is 5.78. The predicted molar refractivity (Wildman–Crippen MR) is 98.7 cm³/mol. The number of carboxylic acid groups (broad SMARTS) is 1. The average molecular weight is 339 g/mol. The Labute approximate surface area is 149 Å². The zero-order valence-corrected chi connectivity index (χ0v) is 14.4. The Morgan fingerprint density at radius 3 is 2.52 bits per heavy atom. The Bertz CT molecular complexity index is 659. The maximum atomic E-state index is 12.8. The lowest BCUT2D eigenvalue weighted by atomic mass is 10.1. The van der Waals surface area contributed by atoms with Gasteiger partial charge < -0.3 is 10.0 Å². The van der Waals surface area contributed by atoms with E-state index < -0.39 is 5.97 Å². The molecule has 0 radical (unpaired) electrons. The molecule has 0 bridgehead atoms. The normalized spacial score (nSPS) is 13.2. The van der Waals surface area contributed by atoms with E-state index in [0.29, 0.717) is 25.8 Å². The fourth-order valence-electron chi connectivity index (χ4n) is 2.72. The summed E-state index contributed by atoms with van der Waals surface area (Å²) in [5.74, 6) is -0.699. The van der Waals surface area contributed by atoms with E-state index in [9.17, 15) is 9.59 Å². The number of rotatable bonds is 9. The summed E-state index contributed by atoms with van der Waals surface area (Å²) in [6, 6.07) is 9.96. The highest BCUT2D eigenvalue weighted by Crippen LogP contribution is 2.18. The van der Waals surface area contributed by atoms with Crippen molar-refractivity contribution < 1.29 is 14.7 Å². The Morgan fingerprint density at radius 1 is 1.00 bits per heavy atom. The second-order valence-electron chi connectivity index (χ2n) is 6.07. The van der Waals surface area contributed by atoms with Crippen LogP contribution in [0.4, 0.5) is 0 Å². The average Bonchev–Trinajstić information content (AvgIpc) is 2.89. The molecule has 25 heavy (non-hydrogen) atoms. The fourth-order valence-corrected chi connectivity index (χ4v) is 2.72. The van der Waals surface area contributed by atoms with E-state index >= 15 is 0 Å². The summed E-state index contributed by atoms with van der Waals surface area (Å²) < 4.78 is 0. The van der Waals surface area contributed by atoms with Crippen LogP contribution < -0.4 is 0 Å². The second kappa shape index (κ2) is 10.3. The van der Waals surface area contributed by atoms with Crippen LogP contribution in [0.1, 0.15) is 44.1 Å². The van der Waals surface area contributed by atoms with Gasteiger partial charge in [-0.25, -0.2) is 0 Å². The van der Waals surface area contributed by atoms with Crippen LogP contribution in [0.25, 0.3) is 0 Å². The molecule has 0 unspecified atom stereocenters. The quantitative estimate of drug-likeness (QED) is 0.676. The van der Waals surface area contributed by atoms with Crippen molar-refractivity contribution in [3.05, 3.63) is 72.0 Å².